The summed E-state index contributed by atoms with van der Waals surface area (Å²) in [6, 6.07) is 48.5. The second kappa shape index (κ2) is 12.7. The first-order valence-corrected chi connectivity index (χ1v) is 18.3. The van der Waals surface area contributed by atoms with E-state index in [1.807, 2.05) is 146 Å². The second-order valence-electron chi connectivity index (χ2n) is 13.8. The highest BCUT2D eigenvalue weighted by atomic mass is 16.3. The van der Waals surface area contributed by atoms with Crippen LogP contribution in [-0.2, 0) is 0 Å². The van der Waals surface area contributed by atoms with E-state index in [9.17, 15) is 5.48 Å². The van der Waals surface area contributed by atoms with E-state index in [0.717, 1.165) is 60.3 Å². The summed E-state index contributed by atoms with van der Waals surface area (Å²) < 4.78 is 80.6. The van der Waals surface area contributed by atoms with Gasteiger partial charge in [0.1, 0.15) is 11.3 Å². The zero-order valence-electron chi connectivity index (χ0n) is 37.4. The monoisotopic (exact) mass is 706 g/mol. The number of para-hydroxylation sites is 1. The van der Waals surface area contributed by atoms with Crippen molar-refractivity contribution in [3.05, 3.63) is 206 Å². The van der Waals surface area contributed by atoms with E-state index >= 15 is 0 Å². The lowest BCUT2D eigenvalue weighted by Gasteiger charge is -2.20. The number of fused-ring (bicyclic) bond motifs is 6. The molecule has 1 heteroatoms. The molecular weight excluding hydrogens is 665 g/mol. The van der Waals surface area contributed by atoms with E-state index in [1.165, 1.54) is 0 Å². The van der Waals surface area contributed by atoms with Crippen molar-refractivity contribution < 1.29 is 15.4 Å². The molecule has 0 amide bonds. The van der Waals surface area contributed by atoms with Crippen LogP contribution in [0, 0.1) is 0 Å². The molecule has 11 rings (SSSR count). The molecule has 1 aromatic heterocycles. The van der Waals surface area contributed by atoms with Crippen LogP contribution in [0.4, 0.5) is 0 Å². The molecule has 0 aliphatic rings. The molecule has 0 N–H and O–H groups in total. The summed E-state index contributed by atoms with van der Waals surface area (Å²) in [5.74, 6) is 0.714. The van der Waals surface area contributed by atoms with E-state index < -0.39 is 24.2 Å². The molecule has 0 saturated carbocycles. The van der Waals surface area contributed by atoms with Gasteiger partial charge in [-0.05, 0) is 124 Å². The van der Waals surface area contributed by atoms with Crippen molar-refractivity contribution in [3.8, 4) is 55.8 Å². The smallest absolute Gasteiger partial charge is 0.135 e. The van der Waals surface area contributed by atoms with E-state index in [2.05, 4.69) is 12.1 Å². The van der Waals surface area contributed by atoms with Gasteiger partial charge in [-0.15, -0.1) is 0 Å². The molecule has 0 aliphatic carbocycles. The Labute approximate surface area is 330 Å². The maximum Gasteiger partial charge on any atom is 0.135 e. The van der Waals surface area contributed by atoms with Crippen molar-refractivity contribution in [2.24, 2.45) is 0 Å². The van der Waals surface area contributed by atoms with Gasteiger partial charge < -0.3 is 4.42 Å². The molecule has 0 aliphatic heterocycles. The first kappa shape index (κ1) is 24.2. The summed E-state index contributed by atoms with van der Waals surface area (Å²) >= 11 is 0. The first-order valence-electron chi connectivity index (χ1n) is 22.3. The summed E-state index contributed by atoms with van der Waals surface area (Å²) in [5.41, 5.74) is 6.82. The van der Waals surface area contributed by atoms with Crippen LogP contribution in [-0.4, -0.2) is 0 Å². The summed E-state index contributed by atoms with van der Waals surface area (Å²) in [7, 11) is 0. The Hall–Kier alpha value is -7.22. The molecule has 1 nitrogen and oxygen atoms in total. The SMILES string of the molecule is [2H]c1c([2H])c([2H])c2c(-c3cc(-c4ccccc4)c4ccc5ccccc5c4c3)c3c([2H])c([2H])c([2H])c([2H])c3c(-c3cccc(-c4cccc(-c5cc6ccccc6o5)c4)c3)c2c1[2H]. The Kier molecular flexibility index (Phi) is 5.59. The van der Waals surface area contributed by atoms with Gasteiger partial charge in [-0.1, -0.05) is 170 Å². The van der Waals surface area contributed by atoms with Gasteiger partial charge in [0.15, 0.2) is 0 Å². The highest BCUT2D eigenvalue weighted by Gasteiger charge is 2.19. The summed E-state index contributed by atoms with van der Waals surface area (Å²) in [5, 5.41) is 5.52. The molecule has 55 heavy (non-hydrogen) atoms. The van der Waals surface area contributed by atoms with Crippen molar-refractivity contribution in [2.45, 2.75) is 0 Å². The van der Waals surface area contributed by atoms with Crippen LogP contribution in [0.1, 0.15) is 11.0 Å². The van der Waals surface area contributed by atoms with E-state index in [0.29, 0.717) is 28.0 Å². The third kappa shape index (κ3) is 5.24. The number of hydrogen-bond donors (Lipinski definition) is 0. The Morgan fingerprint density at radius 1 is 0.327 bits per heavy atom. The minimum atomic E-state index is -0.441. The van der Waals surface area contributed by atoms with Gasteiger partial charge in [0, 0.05) is 10.9 Å². The maximum absolute atomic E-state index is 9.61. The zero-order valence-corrected chi connectivity index (χ0v) is 29.4. The van der Waals surface area contributed by atoms with Gasteiger partial charge in [0.2, 0.25) is 0 Å². The Morgan fingerprint density at radius 3 is 1.60 bits per heavy atom. The largest absolute Gasteiger partial charge is 0.456 e. The molecule has 256 valence electrons. The topological polar surface area (TPSA) is 13.1 Å². The molecular formula is C54H34O. The number of benzene rings is 10. The van der Waals surface area contributed by atoms with Crippen LogP contribution in [0.2, 0.25) is 0 Å². The standard InChI is InChI=1S/C54H34O/c1-2-14-35(15-3-1)49-32-42(33-50-43-22-6-4-16-36(43)28-29-44(49)50)54-47-25-9-7-23-45(47)53(46-24-8-10-26-48(46)54)41-21-13-19-38(31-41)37-18-12-20-39(30-37)52-34-40-17-5-11-27-51(40)55-52/h1-34H/i7D,8D,9D,10D,23D,24D,25D,26D. The maximum atomic E-state index is 9.61. The minimum Gasteiger partial charge on any atom is -0.456 e. The molecule has 0 fully saturated rings. The lowest BCUT2D eigenvalue weighted by atomic mass is 9.83. The van der Waals surface area contributed by atoms with Crippen LogP contribution in [0.5, 0.6) is 0 Å². The first-order chi connectivity index (χ1) is 30.6. The van der Waals surface area contributed by atoms with Crippen LogP contribution >= 0.6 is 0 Å². The summed E-state index contributed by atoms with van der Waals surface area (Å²) in [6.45, 7) is 0. The Balaban J connectivity index is 1.26. The van der Waals surface area contributed by atoms with E-state index in [1.54, 1.807) is 0 Å². The number of furan rings is 1. The number of hydrogen-bond acceptors (Lipinski definition) is 1. The lowest BCUT2D eigenvalue weighted by molar-refractivity contribution is 0.631. The van der Waals surface area contributed by atoms with Gasteiger partial charge in [0.05, 0.1) is 11.0 Å². The fourth-order valence-electron chi connectivity index (χ4n) is 8.15. The van der Waals surface area contributed by atoms with Crippen LogP contribution < -0.4 is 0 Å². The van der Waals surface area contributed by atoms with Gasteiger partial charge in [-0.2, -0.15) is 0 Å². The normalized spacial score (nSPS) is 13.7. The predicted molar refractivity (Wildman–Crippen MR) is 233 cm³/mol. The van der Waals surface area contributed by atoms with Crippen molar-refractivity contribution in [2.75, 3.05) is 0 Å². The van der Waals surface area contributed by atoms with Crippen molar-refractivity contribution in [3.63, 3.8) is 0 Å². The van der Waals surface area contributed by atoms with Crippen molar-refractivity contribution >= 4 is 54.1 Å². The third-order valence-electron chi connectivity index (χ3n) is 10.7. The van der Waals surface area contributed by atoms with Crippen molar-refractivity contribution in [1.82, 2.24) is 0 Å². The van der Waals surface area contributed by atoms with Gasteiger partial charge >= 0.3 is 0 Å². The molecule has 0 spiro atoms. The fourth-order valence-corrected chi connectivity index (χ4v) is 8.15. The highest BCUT2D eigenvalue weighted by Crippen LogP contribution is 2.46. The van der Waals surface area contributed by atoms with Gasteiger partial charge in [-0.25, -0.2) is 0 Å². The van der Waals surface area contributed by atoms with E-state index in [4.69, 9.17) is 9.90 Å². The van der Waals surface area contributed by atoms with Gasteiger partial charge in [-0.3, -0.25) is 0 Å². The van der Waals surface area contributed by atoms with Gasteiger partial charge in [0.25, 0.3) is 0 Å². The second-order valence-corrected chi connectivity index (χ2v) is 13.8. The number of rotatable bonds is 5. The van der Waals surface area contributed by atoms with Crippen molar-refractivity contribution in [1.29, 1.82) is 0 Å². The molecule has 10 aromatic carbocycles. The predicted octanol–water partition coefficient (Wildman–Crippen LogP) is 15.4. The Morgan fingerprint density at radius 2 is 0.891 bits per heavy atom. The highest BCUT2D eigenvalue weighted by molar-refractivity contribution is 6.23. The van der Waals surface area contributed by atoms with E-state index in [-0.39, 0.29) is 45.7 Å². The van der Waals surface area contributed by atoms with Crippen LogP contribution in [0.3, 0.4) is 0 Å². The Bertz CT molecular complexity index is 3610. The average molecular weight is 707 g/mol. The zero-order chi connectivity index (χ0) is 43.3. The fraction of sp³-hybridized carbons (Fsp3) is 0. The van der Waals surface area contributed by atoms with Crippen LogP contribution in [0.15, 0.2) is 210 Å². The molecule has 0 radical (unpaired) electrons. The quantitative estimate of drug-likeness (QED) is 0.128. The lowest BCUT2D eigenvalue weighted by Crippen LogP contribution is -1.92. The summed E-state index contributed by atoms with van der Waals surface area (Å²) in [6.07, 6.45) is 0. The molecule has 11 aromatic rings. The molecule has 0 atom stereocenters. The molecule has 0 bridgehead atoms. The minimum absolute atomic E-state index is 0.168. The average Bonchev–Trinajstić information content (AvgIpc) is 3.77. The molecule has 0 unspecified atom stereocenters. The molecule has 1 heterocycles. The van der Waals surface area contributed by atoms with Crippen LogP contribution in [0.25, 0.3) is 110 Å². The summed E-state index contributed by atoms with van der Waals surface area (Å²) in [4.78, 5) is 0. The third-order valence-corrected chi connectivity index (χ3v) is 10.7. The molecule has 0 saturated heterocycles.